The zero-order valence-electron chi connectivity index (χ0n) is 12.2. The first-order chi connectivity index (χ1) is 9.20. The first kappa shape index (κ1) is 14.1. The number of aromatic nitrogens is 1. The predicted octanol–water partition coefficient (Wildman–Crippen LogP) is 2.76. The Morgan fingerprint density at radius 1 is 1.32 bits per heavy atom. The molecule has 0 spiro atoms. The van der Waals surface area contributed by atoms with Gasteiger partial charge in [0.2, 0.25) is 0 Å². The van der Waals surface area contributed by atoms with E-state index in [9.17, 15) is 0 Å². The summed E-state index contributed by atoms with van der Waals surface area (Å²) in [5.41, 5.74) is 1.10. The van der Waals surface area contributed by atoms with Crippen molar-refractivity contribution in [3.05, 3.63) is 18.3 Å². The molecular formula is C15H25N3O. The molecule has 4 heteroatoms. The van der Waals surface area contributed by atoms with E-state index in [2.05, 4.69) is 48.1 Å². The molecule has 2 unspecified atom stereocenters. The topological polar surface area (TPSA) is 37.4 Å². The highest BCUT2D eigenvalue weighted by molar-refractivity contribution is 5.49. The largest absolute Gasteiger partial charge is 0.381 e. The molecule has 0 bridgehead atoms. The lowest BCUT2D eigenvalue weighted by Gasteiger charge is -2.28. The van der Waals surface area contributed by atoms with Crippen LogP contribution in [0.5, 0.6) is 0 Å². The van der Waals surface area contributed by atoms with Gasteiger partial charge in [0.1, 0.15) is 5.82 Å². The zero-order valence-corrected chi connectivity index (χ0v) is 12.2. The highest BCUT2D eigenvalue weighted by Gasteiger charge is 2.13. The van der Waals surface area contributed by atoms with E-state index in [0.717, 1.165) is 37.8 Å². The maximum absolute atomic E-state index is 5.35. The lowest BCUT2D eigenvalue weighted by Crippen LogP contribution is -2.36. The number of pyridine rings is 1. The molecule has 2 heterocycles. The van der Waals surface area contributed by atoms with Crippen molar-refractivity contribution in [2.45, 2.75) is 33.2 Å². The summed E-state index contributed by atoms with van der Waals surface area (Å²) in [7, 11) is 0. The average molecular weight is 263 g/mol. The van der Waals surface area contributed by atoms with E-state index in [4.69, 9.17) is 4.74 Å². The third kappa shape index (κ3) is 3.83. The number of ether oxygens (including phenoxy) is 1. The number of anilines is 2. The summed E-state index contributed by atoms with van der Waals surface area (Å²) in [4.78, 5) is 6.82. The second-order valence-electron chi connectivity index (χ2n) is 5.32. The van der Waals surface area contributed by atoms with E-state index in [1.807, 2.05) is 6.20 Å². The smallest absolute Gasteiger partial charge is 0.128 e. The summed E-state index contributed by atoms with van der Waals surface area (Å²) < 4.78 is 5.35. The standard InChI is InChI=1S/C15H25N3O/c1-4-12(2)13(3)17-14-5-6-15(16-11-14)18-7-9-19-10-8-18/h5-6,11-13,17H,4,7-10H2,1-3H3. The van der Waals surface area contributed by atoms with Crippen molar-refractivity contribution < 1.29 is 4.74 Å². The van der Waals surface area contributed by atoms with Gasteiger partial charge >= 0.3 is 0 Å². The van der Waals surface area contributed by atoms with E-state index in [1.54, 1.807) is 0 Å². The number of nitrogens with one attached hydrogen (secondary N) is 1. The molecule has 1 N–H and O–H groups in total. The van der Waals surface area contributed by atoms with Crippen molar-refractivity contribution in [3.8, 4) is 0 Å². The van der Waals surface area contributed by atoms with Gasteiger partial charge in [-0.15, -0.1) is 0 Å². The van der Waals surface area contributed by atoms with Crippen LogP contribution >= 0.6 is 0 Å². The second-order valence-corrected chi connectivity index (χ2v) is 5.32. The Hall–Kier alpha value is -1.29. The summed E-state index contributed by atoms with van der Waals surface area (Å²) in [5, 5.41) is 3.52. The van der Waals surface area contributed by atoms with Gasteiger partial charge in [-0.1, -0.05) is 20.3 Å². The van der Waals surface area contributed by atoms with Gasteiger partial charge in [-0.3, -0.25) is 0 Å². The SMILES string of the molecule is CCC(C)C(C)Nc1ccc(N2CCOCC2)nc1. The van der Waals surface area contributed by atoms with Crippen LogP contribution in [0.1, 0.15) is 27.2 Å². The number of hydrogen-bond acceptors (Lipinski definition) is 4. The Kier molecular flexibility index (Phi) is 5.02. The molecule has 0 aliphatic carbocycles. The molecule has 1 aromatic rings. The van der Waals surface area contributed by atoms with Crippen molar-refractivity contribution in [3.63, 3.8) is 0 Å². The molecule has 0 saturated carbocycles. The van der Waals surface area contributed by atoms with Crippen LogP contribution in [0.25, 0.3) is 0 Å². The molecule has 19 heavy (non-hydrogen) atoms. The van der Waals surface area contributed by atoms with Crippen LogP contribution in [0, 0.1) is 5.92 Å². The molecular weight excluding hydrogens is 238 g/mol. The maximum Gasteiger partial charge on any atom is 0.128 e. The van der Waals surface area contributed by atoms with E-state index >= 15 is 0 Å². The van der Waals surface area contributed by atoms with Gasteiger partial charge < -0.3 is 15.0 Å². The number of rotatable bonds is 5. The van der Waals surface area contributed by atoms with Gasteiger partial charge in [-0.2, -0.15) is 0 Å². The van der Waals surface area contributed by atoms with Crippen LogP contribution in [-0.2, 0) is 4.74 Å². The van der Waals surface area contributed by atoms with Gasteiger partial charge in [0.15, 0.2) is 0 Å². The molecule has 1 aliphatic heterocycles. The summed E-state index contributed by atoms with van der Waals surface area (Å²) >= 11 is 0. The summed E-state index contributed by atoms with van der Waals surface area (Å²) in [5.74, 6) is 1.71. The van der Waals surface area contributed by atoms with E-state index < -0.39 is 0 Å². The molecule has 2 atom stereocenters. The van der Waals surface area contributed by atoms with Gasteiger partial charge in [0.05, 0.1) is 25.1 Å². The van der Waals surface area contributed by atoms with Crippen LogP contribution in [0.3, 0.4) is 0 Å². The highest BCUT2D eigenvalue weighted by atomic mass is 16.5. The number of hydrogen-bond donors (Lipinski definition) is 1. The number of nitrogens with zero attached hydrogens (tertiary/aromatic N) is 2. The molecule has 0 aromatic carbocycles. The molecule has 1 aliphatic rings. The molecule has 4 nitrogen and oxygen atoms in total. The summed E-state index contributed by atoms with van der Waals surface area (Å²) in [6.07, 6.45) is 3.12. The monoisotopic (exact) mass is 263 g/mol. The summed E-state index contributed by atoms with van der Waals surface area (Å²) in [6.45, 7) is 10.2. The molecule has 1 fully saturated rings. The van der Waals surface area contributed by atoms with E-state index in [1.165, 1.54) is 6.42 Å². The first-order valence-corrected chi connectivity index (χ1v) is 7.26. The zero-order chi connectivity index (χ0) is 13.7. The fourth-order valence-corrected chi connectivity index (χ4v) is 2.21. The Morgan fingerprint density at radius 2 is 2.05 bits per heavy atom. The van der Waals surface area contributed by atoms with Gasteiger partial charge in [0, 0.05) is 19.1 Å². The minimum atomic E-state index is 0.473. The van der Waals surface area contributed by atoms with Crippen molar-refractivity contribution >= 4 is 11.5 Å². The Balaban J connectivity index is 1.94. The Bertz CT molecular complexity index is 373. The van der Waals surface area contributed by atoms with Gasteiger partial charge in [-0.25, -0.2) is 4.98 Å². The predicted molar refractivity (Wildman–Crippen MR) is 79.8 cm³/mol. The molecule has 2 rings (SSSR count). The van der Waals surface area contributed by atoms with Crippen LogP contribution in [0.4, 0.5) is 11.5 Å². The highest BCUT2D eigenvalue weighted by Crippen LogP contribution is 2.18. The number of morpholine rings is 1. The fourth-order valence-electron chi connectivity index (χ4n) is 2.21. The average Bonchev–Trinajstić information content (AvgIpc) is 2.48. The Labute approximate surface area is 116 Å². The molecule has 0 radical (unpaired) electrons. The summed E-state index contributed by atoms with van der Waals surface area (Å²) in [6, 6.07) is 4.69. The fraction of sp³-hybridized carbons (Fsp3) is 0.667. The van der Waals surface area contributed by atoms with Gasteiger partial charge in [0.25, 0.3) is 0 Å². The lowest BCUT2D eigenvalue weighted by atomic mass is 10.0. The van der Waals surface area contributed by atoms with Crippen LogP contribution in [-0.4, -0.2) is 37.3 Å². The van der Waals surface area contributed by atoms with Crippen LogP contribution in [0.2, 0.25) is 0 Å². The Morgan fingerprint density at radius 3 is 2.63 bits per heavy atom. The van der Waals surface area contributed by atoms with Crippen molar-refractivity contribution in [1.29, 1.82) is 0 Å². The van der Waals surface area contributed by atoms with Gasteiger partial charge in [-0.05, 0) is 25.0 Å². The second kappa shape index (κ2) is 6.75. The van der Waals surface area contributed by atoms with E-state index in [0.29, 0.717) is 12.0 Å². The molecule has 0 amide bonds. The quantitative estimate of drug-likeness (QED) is 0.886. The molecule has 1 aromatic heterocycles. The minimum Gasteiger partial charge on any atom is -0.381 e. The van der Waals surface area contributed by atoms with Crippen molar-refractivity contribution in [1.82, 2.24) is 4.98 Å². The van der Waals surface area contributed by atoms with Crippen molar-refractivity contribution in [2.75, 3.05) is 36.5 Å². The third-order valence-corrected chi connectivity index (χ3v) is 3.97. The normalized spacial score (nSPS) is 19.0. The van der Waals surface area contributed by atoms with Crippen LogP contribution < -0.4 is 10.2 Å². The lowest BCUT2D eigenvalue weighted by molar-refractivity contribution is 0.122. The maximum atomic E-state index is 5.35. The van der Waals surface area contributed by atoms with Crippen molar-refractivity contribution in [2.24, 2.45) is 5.92 Å². The molecule has 106 valence electrons. The van der Waals surface area contributed by atoms with Crippen LogP contribution in [0.15, 0.2) is 18.3 Å². The first-order valence-electron chi connectivity index (χ1n) is 7.26. The van der Waals surface area contributed by atoms with E-state index in [-0.39, 0.29) is 0 Å². The molecule has 1 saturated heterocycles. The third-order valence-electron chi connectivity index (χ3n) is 3.97. The minimum absolute atomic E-state index is 0.473.